The van der Waals surface area contributed by atoms with Gasteiger partial charge in [0.1, 0.15) is 18.5 Å². The Labute approximate surface area is 106 Å². The molecule has 102 valence electrons. The van der Waals surface area contributed by atoms with Crippen molar-refractivity contribution >= 4 is 17.1 Å². The van der Waals surface area contributed by atoms with Crippen molar-refractivity contribution in [3.63, 3.8) is 0 Å². The van der Waals surface area contributed by atoms with Gasteiger partial charge in [0, 0.05) is 6.42 Å². The first-order valence-electron chi connectivity index (χ1n) is 5.73. The fourth-order valence-electron chi connectivity index (χ4n) is 2.18. The third-order valence-electron chi connectivity index (χ3n) is 3.10. The molecule has 19 heavy (non-hydrogen) atoms. The number of anilines is 1. The van der Waals surface area contributed by atoms with Crippen LogP contribution < -0.4 is 11.3 Å². The van der Waals surface area contributed by atoms with Gasteiger partial charge < -0.3 is 15.6 Å². The number of nitrogens with one attached hydrogen (secondary N) is 1. The first kappa shape index (κ1) is 12.1. The van der Waals surface area contributed by atoms with E-state index in [9.17, 15) is 9.18 Å². The van der Waals surface area contributed by atoms with Crippen LogP contribution in [0, 0.1) is 0 Å². The van der Waals surface area contributed by atoms with Crippen LogP contribution in [0.3, 0.4) is 0 Å². The second kappa shape index (κ2) is 4.28. The number of fused-ring (bicyclic) bond motifs is 1. The van der Waals surface area contributed by atoms with Gasteiger partial charge in [-0.3, -0.25) is 14.3 Å². The van der Waals surface area contributed by atoms with E-state index in [0.29, 0.717) is 0 Å². The van der Waals surface area contributed by atoms with Gasteiger partial charge in [0.25, 0.3) is 5.56 Å². The Kier molecular flexibility index (Phi) is 2.72. The number of hydrogen-bond donors (Lipinski definition) is 3. The van der Waals surface area contributed by atoms with Gasteiger partial charge in [0.05, 0.1) is 12.9 Å². The molecule has 8 nitrogen and oxygen atoms in total. The highest BCUT2D eigenvalue weighted by Crippen LogP contribution is 2.31. The number of aromatic nitrogens is 4. The van der Waals surface area contributed by atoms with Crippen LogP contribution in [0.2, 0.25) is 0 Å². The molecule has 0 amide bonds. The summed E-state index contributed by atoms with van der Waals surface area (Å²) in [5.41, 5.74) is 5.35. The lowest BCUT2D eigenvalue weighted by molar-refractivity contribution is -0.0323. The zero-order valence-electron chi connectivity index (χ0n) is 9.78. The first-order valence-corrected chi connectivity index (χ1v) is 5.73. The van der Waals surface area contributed by atoms with Crippen LogP contribution >= 0.6 is 0 Å². The van der Waals surface area contributed by atoms with Crippen LogP contribution in [0.4, 0.5) is 10.3 Å². The maximum absolute atomic E-state index is 13.6. The summed E-state index contributed by atoms with van der Waals surface area (Å²) in [5.74, 6) is -0.0484. The zero-order valence-corrected chi connectivity index (χ0v) is 9.78. The normalized spacial score (nSPS) is 27.2. The summed E-state index contributed by atoms with van der Waals surface area (Å²) in [6.07, 6.45) is -1.39. The summed E-state index contributed by atoms with van der Waals surface area (Å²) in [6, 6.07) is 0. The highest BCUT2D eigenvalue weighted by atomic mass is 19.1. The molecule has 1 aliphatic rings. The van der Waals surface area contributed by atoms with Crippen LogP contribution in [0.5, 0.6) is 0 Å². The molecule has 3 heterocycles. The van der Waals surface area contributed by atoms with Crippen molar-refractivity contribution in [1.29, 1.82) is 0 Å². The number of aromatic amines is 1. The van der Waals surface area contributed by atoms with Crippen molar-refractivity contribution in [3.05, 3.63) is 16.7 Å². The Morgan fingerprint density at radius 2 is 2.47 bits per heavy atom. The molecular formula is C10H12FN5O3. The molecule has 9 heteroatoms. The SMILES string of the molecule is Nc1nc2c(ncn2C2C[C@@H](F)[C@H](CO)O2)c(=O)[nH]1. The Hall–Kier alpha value is -2.00. The molecule has 0 radical (unpaired) electrons. The second-order valence-corrected chi connectivity index (χ2v) is 4.34. The van der Waals surface area contributed by atoms with Gasteiger partial charge in [-0.1, -0.05) is 0 Å². The summed E-state index contributed by atoms with van der Waals surface area (Å²) in [4.78, 5) is 21.8. The lowest BCUT2D eigenvalue weighted by Gasteiger charge is -2.13. The molecule has 3 atom stereocenters. The summed E-state index contributed by atoms with van der Waals surface area (Å²) in [5, 5.41) is 8.97. The Morgan fingerprint density at radius 1 is 1.68 bits per heavy atom. The van der Waals surface area contributed by atoms with Crippen LogP contribution in [-0.2, 0) is 4.74 Å². The van der Waals surface area contributed by atoms with E-state index in [1.54, 1.807) is 0 Å². The summed E-state index contributed by atoms with van der Waals surface area (Å²) in [6.45, 7) is -0.402. The van der Waals surface area contributed by atoms with Crippen molar-refractivity contribution in [3.8, 4) is 0 Å². The molecule has 2 aromatic heterocycles. The van der Waals surface area contributed by atoms with Gasteiger partial charge in [0.15, 0.2) is 11.2 Å². The standard InChI is InChI=1S/C10H12FN5O3/c11-4-1-6(19-5(4)2-17)16-3-13-7-8(16)14-10(12)15-9(7)18/h3-6,17H,1-2H2,(H3,12,14,15,18)/t4-,5+,6?/m1/s1. The Bertz CT molecular complexity index is 669. The largest absolute Gasteiger partial charge is 0.394 e. The number of alkyl halides is 1. The molecule has 4 N–H and O–H groups in total. The molecule has 1 fully saturated rings. The number of imidazole rings is 1. The molecule has 1 saturated heterocycles. The minimum Gasteiger partial charge on any atom is -0.394 e. The number of hydrogen-bond acceptors (Lipinski definition) is 6. The van der Waals surface area contributed by atoms with Crippen molar-refractivity contribution in [1.82, 2.24) is 19.5 Å². The van der Waals surface area contributed by atoms with E-state index in [4.69, 9.17) is 15.6 Å². The molecule has 0 aromatic carbocycles. The average molecular weight is 269 g/mol. The summed E-state index contributed by atoms with van der Waals surface area (Å²) in [7, 11) is 0. The number of aliphatic hydroxyl groups excluding tert-OH is 1. The molecular weight excluding hydrogens is 257 g/mol. The lowest BCUT2D eigenvalue weighted by atomic mass is 10.2. The van der Waals surface area contributed by atoms with E-state index >= 15 is 0 Å². The van der Waals surface area contributed by atoms with Crippen molar-refractivity contribution < 1.29 is 14.2 Å². The van der Waals surface area contributed by atoms with E-state index in [1.807, 2.05) is 0 Å². The topological polar surface area (TPSA) is 119 Å². The number of nitrogens with zero attached hydrogens (tertiary/aromatic N) is 3. The van der Waals surface area contributed by atoms with Crippen LogP contribution in [0.25, 0.3) is 11.2 Å². The van der Waals surface area contributed by atoms with Crippen molar-refractivity contribution in [2.24, 2.45) is 0 Å². The molecule has 1 unspecified atom stereocenters. The maximum Gasteiger partial charge on any atom is 0.280 e. The molecule has 0 aliphatic carbocycles. The molecule has 3 rings (SSSR count). The van der Waals surface area contributed by atoms with E-state index in [-0.39, 0.29) is 23.5 Å². The van der Waals surface area contributed by atoms with Gasteiger partial charge in [-0.2, -0.15) is 4.98 Å². The Morgan fingerprint density at radius 3 is 3.16 bits per heavy atom. The predicted molar refractivity (Wildman–Crippen MR) is 63.1 cm³/mol. The van der Waals surface area contributed by atoms with Gasteiger partial charge in [0.2, 0.25) is 5.95 Å². The fraction of sp³-hybridized carbons (Fsp3) is 0.500. The first-order chi connectivity index (χ1) is 9.10. The monoisotopic (exact) mass is 269 g/mol. The molecule has 1 aliphatic heterocycles. The van der Waals surface area contributed by atoms with E-state index in [2.05, 4.69) is 15.0 Å². The number of rotatable bonds is 2. The quantitative estimate of drug-likeness (QED) is 0.664. The zero-order chi connectivity index (χ0) is 13.6. The number of halogens is 1. The van der Waals surface area contributed by atoms with Gasteiger partial charge in [-0.15, -0.1) is 0 Å². The third-order valence-corrected chi connectivity index (χ3v) is 3.10. The molecule has 0 saturated carbocycles. The minimum atomic E-state index is -1.27. The lowest BCUT2D eigenvalue weighted by Crippen LogP contribution is -2.21. The van der Waals surface area contributed by atoms with Crippen molar-refractivity contribution in [2.45, 2.75) is 24.9 Å². The van der Waals surface area contributed by atoms with Gasteiger partial charge in [-0.05, 0) is 0 Å². The number of H-pyrrole nitrogens is 1. The van der Waals surface area contributed by atoms with Crippen LogP contribution in [0.15, 0.2) is 11.1 Å². The van der Waals surface area contributed by atoms with E-state index in [0.717, 1.165) is 0 Å². The third kappa shape index (κ3) is 1.87. The van der Waals surface area contributed by atoms with Gasteiger partial charge >= 0.3 is 0 Å². The average Bonchev–Trinajstić information content (AvgIpc) is 2.92. The molecule has 2 aromatic rings. The summed E-state index contributed by atoms with van der Waals surface area (Å²) >= 11 is 0. The number of ether oxygens (including phenoxy) is 1. The van der Waals surface area contributed by atoms with Gasteiger partial charge in [-0.25, -0.2) is 9.37 Å². The maximum atomic E-state index is 13.6. The van der Waals surface area contributed by atoms with Crippen molar-refractivity contribution in [2.75, 3.05) is 12.3 Å². The summed E-state index contributed by atoms with van der Waals surface area (Å²) < 4.78 is 20.4. The highest BCUT2D eigenvalue weighted by Gasteiger charge is 2.36. The van der Waals surface area contributed by atoms with E-state index < -0.39 is 30.7 Å². The van der Waals surface area contributed by atoms with E-state index in [1.165, 1.54) is 10.9 Å². The second-order valence-electron chi connectivity index (χ2n) is 4.34. The Balaban J connectivity index is 2.05. The number of nitrogen functional groups attached to an aromatic ring is 1. The molecule has 0 bridgehead atoms. The van der Waals surface area contributed by atoms with Crippen LogP contribution in [-0.4, -0.2) is 43.5 Å². The smallest absolute Gasteiger partial charge is 0.280 e. The molecule has 0 spiro atoms. The van der Waals surface area contributed by atoms with Crippen LogP contribution in [0.1, 0.15) is 12.6 Å². The number of aliphatic hydroxyl groups is 1. The minimum absolute atomic E-state index is 0.0484. The number of nitrogens with two attached hydrogens (primary N) is 1. The highest BCUT2D eigenvalue weighted by molar-refractivity contribution is 5.70. The predicted octanol–water partition coefficient (Wildman–Crippen LogP) is -0.680. The fourth-order valence-corrected chi connectivity index (χ4v) is 2.18.